The van der Waals surface area contributed by atoms with Gasteiger partial charge in [0, 0.05) is 25.2 Å². The van der Waals surface area contributed by atoms with E-state index in [9.17, 15) is 18.3 Å². The minimum absolute atomic E-state index is 0.0430. The molecule has 0 saturated carbocycles. The van der Waals surface area contributed by atoms with Gasteiger partial charge in [-0.15, -0.1) is 0 Å². The maximum absolute atomic E-state index is 13.0. The van der Waals surface area contributed by atoms with Gasteiger partial charge in [0.15, 0.2) is 5.65 Å². The van der Waals surface area contributed by atoms with E-state index in [1.165, 1.54) is 17.3 Å². The number of carboxylic acid groups (broad SMARTS) is 1. The van der Waals surface area contributed by atoms with E-state index in [0.717, 1.165) is 16.0 Å². The molecule has 2 atom stereocenters. The quantitative estimate of drug-likeness (QED) is 0.510. The first-order valence-corrected chi connectivity index (χ1v) is 12.5. The van der Waals surface area contributed by atoms with Crippen molar-refractivity contribution in [3.8, 4) is 0 Å². The third kappa shape index (κ3) is 4.55. The molecule has 1 saturated heterocycles. The third-order valence-corrected chi connectivity index (χ3v) is 8.13. The van der Waals surface area contributed by atoms with Crippen molar-refractivity contribution in [2.45, 2.75) is 31.7 Å². The highest BCUT2D eigenvalue weighted by Crippen LogP contribution is 2.27. The fourth-order valence-electron chi connectivity index (χ4n) is 4.08. The summed E-state index contributed by atoms with van der Waals surface area (Å²) in [5.74, 6) is 0.134. The van der Waals surface area contributed by atoms with Crippen LogP contribution in [0.5, 0.6) is 0 Å². The first-order chi connectivity index (χ1) is 15.7. The summed E-state index contributed by atoms with van der Waals surface area (Å²) in [7, 11) is -3.78. The van der Waals surface area contributed by atoms with E-state index in [1.807, 2.05) is 13.8 Å². The Kier molecular flexibility index (Phi) is 6.35. The lowest BCUT2D eigenvalue weighted by Gasteiger charge is -2.18. The van der Waals surface area contributed by atoms with Gasteiger partial charge < -0.3 is 15.3 Å². The Labute approximate surface area is 197 Å². The summed E-state index contributed by atoms with van der Waals surface area (Å²) in [4.78, 5) is 22.4. The molecule has 0 radical (unpaired) electrons. The van der Waals surface area contributed by atoms with Gasteiger partial charge in [-0.25, -0.2) is 27.2 Å². The zero-order valence-corrected chi connectivity index (χ0v) is 19.9. The predicted molar refractivity (Wildman–Crippen MR) is 128 cm³/mol. The number of thiocarbonyl (C=S) groups is 1. The van der Waals surface area contributed by atoms with Crippen LogP contribution in [0.2, 0.25) is 0 Å². The number of hydrogen-bond donors (Lipinski definition) is 2. The fourth-order valence-corrected chi connectivity index (χ4v) is 5.71. The molecular formula is C22H25N5O4S2. The zero-order chi connectivity index (χ0) is 23.8. The number of likely N-dealkylation sites (tertiary alicyclic amines) is 1. The molecule has 0 bridgehead atoms. The number of carbonyl (C=O) groups is 1. The number of hydrogen-bond acceptors (Lipinski definition) is 6. The molecule has 1 aliphatic heterocycles. The van der Waals surface area contributed by atoms with E-state index < -0.39 is 16.1 Å². The molecule has 4 rings (SSSR count). The highest BCUT2D eigenvalue weighted by molar-refractivity contribution is 7.90. The number of benzene rings is 1. The van der Waals surface area contributed by atoms with Crippen LogP contribution in [0.3, 0.4) is 0 Å². The van der Waals surface area contributed by atoms with Crippen LogP contribution in [0.1, 0.15) is 24.6 Å². The van der Waals surface area contributed by atoms with Gasteiger partial charge in [0.05, 0.1) is 28.3 Å². The monoisotopic (exact) mass is 487 g/mol. The van der Waals surface area contributed by atoms with E-state index in [2.05, 4.69) is 15.3 Å². The van der Waals surface area contributed by atoms with Crippen LogP contribution < -0.4 is 5.32 Å². The Balaban J connectivity index is 1.49. The molecule has 11 heteroatoms. The molecule has 0 spiro atoms. The lowest BCUT2D eigenvalue weighted by atomic mass is 9.93. The average molecular weight is 488 g/mol. The second-order valence-electron chi connectivity index (χ2n) is 8.18. The SMILES string of the molecule is CC[C@@H]1CN(C(=O)O)C[C@H]1C(=S)NCc1cnc2c(ccn2S(=O)(=O)c2ccc(C)cc2)n1. The first kappa shape index (κ1) is 23.1. The van der Waals surface area contributed by atoms with Crippen LogP contribution >= 0.6 is 12.2 Å². The molecule has 0 unspecified atom stereocenters. The Hall–Kier alpha value is -3.05. The number of fused-ring (bicyclic) bond motifs is 1. The van der Waals surface area contributed by atoms with Gasteiger partial charge in [0.25, 0.3) is 10.0 Å². The summed E-state index contributed by atoms with van der Waals surface area (Å²) >= 11 is 5.55. The van der Waals surface area contributed by atoms with Gasteiger partial charge >= 0.3 is 6.09 Å². The number of rotatable bonds is 6. The van der Waals surface area contributed by atoms with Crippen molar-refractivity contribution in [3.05, 3.63) is 54.0 Å². The largest absolute Gasteiger partial charge is 0.465 e. The van der Waals surface area contributed by atoms with Gasteiger partial charge in [-0.05, 0) is 31.0 Å². The van der Waals surface area contributed by atoms with Crippen molar-refractivity contribution in [2.75, 3.05) is 13.1 Å². The number of nitrogens with zero attached hydrogens (tertiary/aromatic N) is 4. The minimum Gasteiger partial charge on any atom is -0.465 e. The molecule has 0 aliphatic carbocycles. The Morgan fingerprint density at radius 2 is 1.97 bits per heavy atom. The van der Waals surface area contributed by atoms with Crippen molar-refractivity contribution < 1.29 is 18.3 Å². The van der Waals surface area contributed by atoms with Crippen LogP contribution in [0.4, 0.5) is 4.79 Å². The summed E-state index contributed by atoms with van der Waals surface area (Å²) < 4.78 is 27.2. The zero-order valence-electron chi connectivity index (χ0n) is 18.3. The highest BCUT2D eigenvalue weighted by Gasteiger charge is 2.36. The van der Waals surface area contributed by atoms with Gasteiger partial charge in [-0.2, -0.15) is 0 Å². The molecule has 3 heterocycles. The molecule has 9 nitrogen and oxygen atoms in total. The molecule has 2 aromatic heterocycles. The lowest BCUT2D eigenvalue weighted by Crippen LogP contribution is -2.34. The molecule has 174 valence electrons. The number of amides is 1. The van der Waals surface area contributed by atoms with Gasteiger partial charge in [0.1, 0.15) is 5.52 Å². The Morgan fingerprint density at radius 3 is 2.64 bits per heavy atom. The molecule has 33 heavy (non-hydrogen) atoms. The summed E-state index contributed by atoms with van der Waals surface area (Å²) in [5.41, 5.74) is 2.29. The maximum Gasteiger partial charge on any atom is 0.407 e. The van der Waals surface area contributed by atoms with Crippen molar-refractivity contribution in [2.24, 2.45) is 11.8 Å². The molecule has 1 amide bonds. The maximum atomic E-state index is 13.0. The predicted octanol–water partition coefficient (Wildman–Crippen LogP) is 3.03. The van der Waals surface area contributed by atoms with E-state index >= 15 is 0 Å². The second kappa shape index (κ2) is 9.06. The number of aromatic nitrogens is 3. The molecule has 3 aromatic rings. The second-order valence-corrected chi connectivity index (χ2v) is 10.4. The molecule has 2 N–H and O–H groups in total. The summed E-state index contributed by atoms with van der Waals surface area (Å²) in [6.07, 6.45) is 2.88. The van der Waals surface area contributed by atoms with Crippen molar-refractivity contribution in [1.29, 1.82) is 0 Å². The van der Waals surface area contributed by atoms with Gasteiger partial charge in [0.2, 0.25) is 0 Å². The van der Waals surface area contributed by atoms with Gasteiger partial charge in [-0.3, -0.25) is 0 Å². The number of aryl methyl sites for hydroxylation is 1. The van der Waals surface area contributed by atoms with Crippen molar-refractivity contribution in [3.63, 3.8) is 0 Å². The van der Waals surface area contributed by atoms with E-state index in [1.54, 1.807) is 30.3 Å². The Morgan fingerprint density at radius 1 is 1.24 bits per heavy atom. The Bertz CT molecular complexity index is 1300. The van der Waals surface area contributed by atoms with E-state index in [-0.39, 0.29) is 22.4 Å². The third-order valence-electron chi connectivity index (χ3n) is 6.00. The smallest absolute Gasteiger partial charge is 0.407 e. The topological polar surface area (TPSA) is 117 Å². The molecule has 1 aromatic carbocycles. The minimum atomic E-state index is -3.78. The lowest BCUT2D eigenvalue weighted by molar-refractivity contribution is 0.153. The van der Waals surface area contributed by atoms with E-state index in [4.69, 9.17) is 12.2 Å². The summed E-state index contributed by atoms with van der Waals surface area (Å²) in [6, 6.07) is 8.26. The van der Waals surface area contributed by atoms with Crippen LogP contribution in [0.25, 0.3) is 11.2 Å². The molecule has 1 fully saturated rings. The fraction of sp³-hybridized carbons (Fsp3) is 0.364. The first-order valence-electron chi connectivity index (χ1n) is 10.6. The molecule has 1 aliphatic rings. The van der Waals surface area contributed by atoms with Crippen LogP contribution in [0.15, 0.2) is 47.6 Å². The average Bonchev–Trinajstić information content (AvgIpc) is 3.42. The summed E-state index contributed by atoms with van der Waals surface area (Å²) in [5, 5.41) is 12.5. The van der Waals surface area contributed by atoms with Gasteiger partial charge in [-0.1, -0.05) is 43.3 Å². The summed E-state index contributed by atoms with van der Waals surface area (Å²) in [6.45, 7) is 5.10. The van der Waals surface area contributed by atoms with Crippen LogP contribution in [0, 0.1) is 18.8 Å². The standard InChI is InChI=1S/C22H25N5O4S2/c1-3-15-12-26(22(28)29)13-18(15)21(32)24-11-16-10-23-20-19(25-16)8-9-27(20)33(30,31)17-6-4-14(2)5-7-17/h4-10,15,18H,3,11-13H2,1-2H3,(H,24,32)(H,28,29)/t15-,18-/m1/s1. The number of nitrogens with one attached hydrogen (secondary N) is 1. The molecular weight excluding hydrogens is 462 g/mol. The normalized spacial score (nSPS) is 18.5. The van der Waals surface area contributed by atoms with Crippen molar-refractivity contribution >= 4 is 44.5 Å². The van der Waals surface area contributed by atoms with Crippen LogP contribution in [-0.4, -0.2) is 56.5 Å². The van der Waals surface area contributed by atoms with E-state index in [0.29, 0.717) is 35.8 Å². The van der Waals surface area contributed by atoms with Crippen molar-refractivity contribution in [1.82, 2.24) is 24.2 Å². The van der Waals surface area contributed by atoms with Crippen LogP contribution in [-0.2, 0) is 16.6 Å². The highest BCUT2D eigenvalue weighted by atomic mass is 32.2.